The molecule has 8 nitrogen and oxygen atoms in total. The molecule has 0 radical (unpaired) electrons. The molecule has 0 spiro atoms. The summed E-state index contributed by atoms with van der Waals surface area (Å²) in [4.78, 5) is 41.4. The van der Waals surface area contributed by atoms with Crippen molar-refractivity contribution in [1.29, 1.82) is 0 Å². The highest BCUT2D eigenvalue weighted by Gasteiger charge is 2.30. The first-order chi connectivity index (χ1) is 13.5. The molecule has 0 unspecified atom stereocenters. The van der Waals surface area contributed by atoms with Crippen molar-refractivity contribution in [2.45, 2.75) is 38.8 Å². The van der Waals surface area contributed by atoms with Crippen LogP contribution in [0, 0.1) is 0 Å². The van der Waals surface area contributed by atoms with Gasteiger partial charge in [0.25, 0.3) is 5.56 Å². The zero-order valence-corrected chi connectivity index (χ0v) is 16.2. The van der Waals surface area contributed by atoms with E-state index in [0.717, 1.165) is 30.7 Å². The van der Waals surface area contributed by atoms with E-state index in [1.807, 2.05) is 36.1 Å². The molecular formula is C20H26N4O4. The van der Waals surface area contributed by atoms with Crippen molar-refractivity contribution in [1.82, 2.24) is 14.5 Å². The van der Waals surface area contributed by atoms with Gasteiger partial charge >= 0.3 is 5.69 Å². The van der Waals surface area contributed by atoms with Crippen LogP contribution in [0.4, 0.5) is 5.82 Å². The number of anilines is 1. The molecule has 0 bridgehead atoms. The molecule has 3 N–H and O–H groups in total. The Morgan fingerprint density at radius 1 is 1.36 bits per heavy atom. The molecule has 1 aromatic heterocycles. The molecule has 1 fully saturated rings. The number of carbonyl (C=O) groups excluding carboxylic acids is 1. The summed E-state index contributed by atoms with van der Waals surface area (Å²) in [7, 11) is 1.62. The summed E-state index contributed by atoms with van der Waals surface area (Å²) in [5.41, 5.74) is 5.64. The first kappa shape index (κ1) is 19.9. The number of nitrogens with two attached hydrogens (primary N) is 1. The molecule has 1 aromatic carbocycles. The predicted molar refractivity (Wildman–Crippen MR) is 107 cm³/mol. The summed E-state index contributed by atoms with van der Waals surface area (Å²) in [5, 5.41) is 0. The van der Waals surface area contributed by atoms with E-state index in [4.69, 9.17) is 10.5 Å². The van der Waals surface area contributed by atoms with Crippen molar-refractivity contribution < 1.29 is 9.53 Å². The maximum atomic E-state index is 12.9. The van der Waals surface area contributed by atoms with Crippen LogP contribution in [0.5, 0.6) is 5.75 Å². The van der Waals surface area contributed by atoms with Crippen LogP contribution in [-0.2, 0) is 6.54 Å². The number of nitrogens with zero attached hydrogens (tertiary/aromatic N) is 2. The molecule has 8 heteroatoms. The summed E-state index contributed by atoms with van der Waals surface area (Å²) in [6.07, 6.45) is 2.53. The number of nitrogens with one attached hydrogen (secondary N) is 1. The van der Waals surface area contributed by atoms with Crippen molar-refractivity contribution >= 4 is 11.6 Å². The number of hydrogen-bond donors (Lipinski definition) is 2. The van der Waals surface area contributed by atoms with E-state index in [0.29, 0.717) is 13.0 Å². The largest absolute Gasteiger partial charge is 0.497 e. The van der Waals surface area contributed by atoms with Gasteiger partial charge in [0, 0.05) is 12.6 Å². The standard InChI is InChI=1S/C20H26N4O4/c1-3-9-24-18(21)17(19(26)22-20(24)27)16(25)12-23-10-5-8-15(23)13-6-4-7-14(11-13)28-2/h4,6-7,11,15H,3,5,8-10,12,21H2,1-2H3,(H,22,26,27)/t15-/m0/s1. The van der Waals surface area contributed by atoms with Crippen LogP contribution >= 0.6 is 0 Å². The van der Waals surface area contributed by atoms with Crippen LogP contribution in [-0.4, -0.2) is 40.4 Å². The maximum absolute atomic E-state index is 12.9. The number of benzene rings is 1. The normalized spacial score (nSPS) is 17.0. The molecule has 0 amide bonds. The lowest BCUT2D eigenvalue weighted by atomic mass is 10.0. The number of aromatic nitrogens is 2. The number of methoxy groups -OCH3 is 1. The fourth-order valence-corrected chi connectivity index (χ4v) is 3.81. The highest BCUT2D eigenvalue weighted by Crippen LogP contribution is 2.33. The highest BCUT2D eigenvalue weighted by molar-refractivity contribution is 6.01. The molecule has 1 atom stereocenters. The number of ketones is 1. The number of ether oxygens (including phenoxy) is 1. The Bertz CT molecular complexity index is 979. The first-order valence-corrected chi connectivity index (χ1v) is 9.50. The van der Waals surface area contributed by atoms with Crippen LogP contribution in [0.25, 0.3) is 0 Å². The molecule has 28 heavy (non-hydrogen) atoms. The van der Waals surface area contributed by atoms with Gasteiger partial charge in [0.1, 0.15) is 17.1 Å². The van der Waals surface area contributed by atoms with Crippen LogP contribution < -0.4 is 21.7 Å². The molecule has 2 aromatic rings. The SMILES string of the molecule is CCCn1c(N)c(C(=O)CN2CCC[C@H]2c2cccc(OC)c2)c(=O)[nH]c1=O. The van der Waals surface area contributed by atoms with Crippen LogP contribution in [0.2, 0.25) is 0 Å². The van der Waals surface area contributed by atoms with Gasteiger partial charge < -0.3 is 10.5 Å². The molecule has 150 valence electrons. The second-order valence-corrected chi connectivity index (χ2v) is 7.00. The van der Waals surface area contributed by atoms with Gasteiger partial charge in [-0.25, -0.2) is 4.79 Å². The van der Waals surface area contributed by atoms with Gasteiger partial charge in [0.05, 0.1) is 13.7 Å². The number of H-pyrrole nitrogens is 1. The second kappa shape index (κ2) is 8.43. The fraction of sp³-hybridized carbons (Fsp3) is 0.450. The fourth-order valence-electron chi connectivity index (χ4n) is 3.81. The smallest absolute Gasteiger partial charge is 0.329 e. The van der Waals surface area contributed by atoms with Crippen molar-refractivity contribution in [3.05, 3.63) is 56.2 Å². The van der Waals surface area contributed by atoms with Crippen molar-refractivity contribution in [3.63, 3.8) is 0 Å². The zero-order valence-electron chi connectivity index (χ0n) is 16.2. The minimum absolute atomic E-state index is 0.0577. The second-order valence-electron chi connectivity index (χ2n) is 7.00. The van der Waals surface area contributed by atoms with E-state index in [2.05, 4.69) is 4.98 Å². The van der Waals surface area contributed by atoms with Gasteiger partial charge in [-0.05, 0) is 43.5 Å². The Kier molecular flexibility index (Phi) is 5.99. The first-order valence-electron chi connectivity index (χ1n) is 9.50. The Morgan fingerprint density at radius 2 is 2.14 bits per heavy atom. The Labute approximate surface area is 162 Å². The lowest BCUT2D eigenvalue weighted by Gasteiger charge is -2.24. The average Bonchev–Trinajstić information content (AvgIpc) is 3.13. The molecule has 1 aliphatic heterocycles. The average molecular weight is 386 g/mol. The topological polar surface area (TPSA) is 110 Å². The van der Waals surface area contributed by atoms with E-state index in [-0.39, 0.29) is 29.8 Å². The molecule has 3 rings (SSSR count). The lowest BCUT2D eigenvalue weighted by molar-refractivity contribution is 0.0920. The molecular weight excluding hydrogens is 360 g/mol. The van der Waals surface area contributed by atoms with Gasteiger partial charge in [-0.15, -0.1) is 0 Å². The zero-order chi connectivity index (χ0) is 20.3. The lowest BCUT2D eigenvalue weighted by Crippen LogP contribution is -2.39. The summed E-state index contributed by atoms with van der Waals surface area (Å²) in [5.74, 6) is 0.333. The summed E-state index contributed by atoms with van der Waals surface area (Å²) in [6.45, 7) is 3.05. The Balaban J connectivity index is 1.87. The van der Waals surface area contributed by atoms with Crippen molar-refractivity contribution in [3.8, 4) is 5.75 Å². The number of likely N-dealkylation sites (tertiary alicyclic amines) is 1. The van der Waals surface area contributed by atoms with E-state index in [9.17, 15) is 14.4 Å². The van der Waals surface area contributed by atoms with Gasteiger partial charge in [0.15, 0.2) is 5.78 Å². The van der Waals surface area contributed by atoms with Crippen LogP contribution in [0.1, 0.15) is 48.1 Å². The van der Waals surface area contributed by atoms with Gasteiger partial charge in [-0.1, -0.05) is 19.1 Å². The number of carbonyl (C=O) groups is 1. The molecule has 0 aliphatic carbocycles. The van der Waals surface area contributed by atoms with Crippen molar-refractivity contribution in [2.24, 2.45) is 0 Å². The monoisotopic (exact) mass is 386 g/mol. The Morgan fingerprint density at radius 3 is 2.86 bits per heavy atom. The summed E-state index contributed by atoms with van der Waals surface area (Å²) in [6, 6.07) is 7.86. The van der Waals surface area contributed by atoms with Gasteiger partial charge in [0.2, 0.25) is 0 Å². The number of hydrogen-bond acceptors (Lipinski definition) is 6. The highest BCUT2D eigenvalue weighted by atomic mass is 16.5. The molecule has 1 aliphatic rings. The minimum Gasteiger partial charge on any atom is -0.497 e. The van der Waals surface area contributed by atoms with E-state index >= 15 is 0 Å². The van der Waals surface area contributed by atoms with E-state index in [1.54, 1.807) is 7.11 Å². The Hall–Kier alpha value is -2.87. The summed E-state index contributed by atoms with van der Waals surface area (Å²) < 4.78 is 6.55. The number of rotatable bonds is 7. The summed E-state index contributed by atoms with van der Waals surface area (Å²) >= 11 is 0. The molecule has 0 saturated carbocycles. The van der Waals surface area contributed by atoms with Crippen LogP contribution in [0.3, 0.4) is 0 Å². The number of Topliss-reactive ketones (excluding diaryl/α,β-unsaturated/α-hetero) is 1. The number of aromatic amines is 1. The van der Waals surface area contributed by atoms with E-state index in [1.165, 1.54) is 4.57 Å². The molecule has 1 saturated heterocycles. The third-order valence-corrected chi connectivity index (χ3v) is 5.15. The van der Waals surface area contributed by atoms with Crippen molar-refractivity contribution in [2.75, 3.05) is 25.9 Å². The maximum Gasteiger partial charge on any atom is 0.329 e. The third kappa shape index (κ3) is 3.87. The quantitative estimate of drug-likeness (QED) is 0.699. The van der Waals surface area contributed by atoms with E-state index < -0.39 is 11.2 Å². The van der Waals surface area contributed by atoms with Gasteiger partial charge in [-0.3, -0.25) is 24.0 Å². The number of nitrogen functional groups attached to an aromatic ring is 1. The predicted octanol–water partition coefficient (Wildman–Crippen LogP) is 1.56. The van der Waals surface area contributed by atoms with Crippen LogP contribution in [0.15, 0.2) is 33.9 Å². The molecule has 2 heterocycles. The third-order valence-electron chi connectivity index (χ3n) is 5.15. The minimum atomic E-state index is -0.725. The van der Waals surface area contributed by atoms with Gasteiger partial charge in [-0.2, -0.15) is 0 Å².